The molecule has 1 unspecified atom stereocenters. The molecule has 7 heteroatoms. The van der Waals surface area contributed by atoms with Crippen molar-refractivity contribution in [1.82, 2.24) is 10.2 Å². The summed E-state index contributed by atoms with van der Waals surface area (Å²) in [5.41, 5.74) is 0.977. The smallest absolute Gasteiger partial charge is 0.416 e. The second-order valence-corrected chi connectivity index (χ2v) is 7.00. The first-order valence-corrected chi connectivity index (χ1v) is 9.44. The van der Waals surface area contributed by atoms with E-state index in [9.17, 15) is 13.2 Å². The Morgan fingerprint density at radius 1 is 1.18 bits per heavy atom. The summed E-state index contributed by atoms with van der Waals surface area (Å²) in [5, 5.41) is 6.60. The number of ether oxygens (including phenoxy) is 1. The molecule has 1 fully saturated rings. The first-order valence-electron chi connectivity index (χ1n) is 9.44. The van der Waals surface area contributed by atoms with Gasteiger partial charge in [-0.25, -0.2) is 0 Å². The van der Waals surface area contributed by atoms with Crippen molar-refractivity contribution in [3.63, 3.8) is 0 Å². The summed E-state index contributed by atoms with van der Waals surface area (Å²) < 4.78 is 44.0. The van der Waals surface area contributed by atoms with Gasteiger partial charge < -0.3 is 15.4 Å². The summed E-state index contributed by atoms with van der Waals surface area (Å²) in [5.74, 6) is 0.412. The highest BCUT2D eigenvalue weighted by Crippen LogP contribution is 2.34. The van der Waals surface area contributed by atoms with Crippen LogP contribution in [0.5, 0.6) is 5.75 Å². The van der Waals surface area contributed by atoms with Gasteiger partial charge in [0, 0.05) is 38.8 Å². The molecule has 152 valence electrons. The van der Waals surface area contributed by atoms with Crippen molar-refractivity contribution in [1.29, 1.82) is 0 Å². The van der Waals surface area contributed by atoms with Crippen molar-refractivity contribution in [2.75, 3.05) is 38.6 Å². The number of halogens is 3. The van der Waals surface area contributed by atoms with Crippen molar-refractivity contribution in [3.8, 4) is 5.75 Å². The molecule has 0 radical (unpaired) electrons. The summed E-state index contributed by atoms with van der Waals surface area (Å²) >= 11 is 0. The van der Waals surface area contributed by atoms with E-state index in [2.05, 4.69) is 27.7 Å². The van der Waals surface area contributed by atoms with Crippen molar-refractivity contribution in [2.24, 2.45) is 0 Å². The lowest BCUT2D eigenvalue weighted by Crippen LogP contribution is -2.50. The van der Waals surface area contributed by atoms with Crippen LogP contribution in [0.4, 0.5) is 18.9 Å². The van der Waals surface area contributed by atoms with Crippen LogP contribution in [0.1, 0.15) is 17.5 Å². The van der Waals surface area contributed by atoms with Gasteiger partial charge in [-0.15, -0.1) is 0 Å². The molecule has 2 aromatic rings. The van der Waals surface area contributed by atoms with Gasteiger partial charge in [-0.2, -0.15) is 13.2 Å². The van der Waals surface area contributed by atoms with Crippen LogP contribution in [0.25, 0.3) is 0 Å². The van der Waals surface area contributed by atoms with E-state index in [1.807, 2.05) is 18.2 Å². The van der Waals surface area contributed by atoms with Gasteiger partial charge in [0.15, 0.2) is 0 Å². The third kappa shape index (κ3) is 5.62. The standard InChI is InChI=1S/C21H26F3N3O/c1-28-20-8-7-17(21(22,23)24)13-19(20)26-10-9-18-15-27(12-11-25-18)14-16-5-3-2-4-6-16/h2-8,13,18,25-26H,9-12,14-15H2,1H3. The Morgan fingerprint density at radius 3 is 2.68 bits per heavy atom. The summed E-state index contributed by atoms with van der Waals surface area (Å²) in [6, 6.07) is 14.1. The number of rotatable bonds is 7. The van der Waals surface area contributed by atoms with Crippen LogP contribution in [0.3, 0.4) is 0 Å². The van der Waals surface area contributed by atoms with E-state index in [0.717, 1.165) is 44.7 Å². The van der Waals surface area contributed by atoms with E-state index in [1.54, 1.807) is 0 Å². The van der Waals surface area contributed by atoms with Crippen LogP contribution in [-0.2, 0) is 12.7 Å². The zero-order chi connectivity index (χ0) is 20.0. The molecule has 4 nitrogen and oxygen atoms in total. The zero-order valence-electron chi connectivity index (χ0n) is 15.9. The number of alkyl halides is 3. The third-order valence-electron chi connectivity index (χ3n) is 4.92. The molecular weight excluding hydrogens is 367 g/mol. The molecule has 1 atom stereocenters. The lowest BCUT2D eigenvalue weighted by atomic mass is 10.1. The predicted octanol–water partition coefficient (Wildman–Crippen LogP) is 3.99. The average Bonchev–Trinajstić information content (AvgIpc) is 2.68. The number of nitrogens with one attached hydrogen (secondary N) is 2. The van der Waals surface area contributed by atoms with E-state index in [0.29, 0.717) is 24.0 Å². The average molecular weight is 393 g/mol. The highest BCUT2D eigenvalue weighted by Gasteiger charge is 2.31. The van der Waals surface area contributed by atoms with E-state index in [4.69, 9.17) is 4.74 Å². The summed E-state index contributed by atoms with van der Waals surface area (Å²) in [6.45, 7) is 4.28. The lowest BCUT2D eigenvalue weighted by Gasteiger charge is -2.34. The maximum Gasteiger partial charge on any atom is 0.416 e. The molecular formula is C21H26F3N3O. The molecule has 2 N–H and O–H groups in total. The molecule has 28 heavy (non-hydrogen) atoms. The number of hydrogen-bond donors (Lipinski definition) is 2. The van der Waals surface area contributed by atoms with Crippen LogP contribution in [0.2, 0.25) is 0 Å². The number of methoxy groups -OCH3 is 1. The summed E-state index contributed by atoms with van der Waals surface area (Å²) in [7, 11) is 1.46. The fourth-order valence-electron chi connectivity index (χ4n) is 3.48. The fourth-order valence-corrected chi connectivity index (χ4v) is 3.48. The second-order valence-electron chi connectivity index (χ2n) is 7.00. The SMILES string of the molecule is COc1ccc(C(F)(F)F)cc1NCCC1CN(Cc2ccccc2)CCN1. The Labute approximate surface area is 163 Å². The van der Waals surface area contributed by atoms with E-state index >= 15 is 0 Å². The Bertz CT molecular complexity index is 752. The minimum Gasteiger partial charge on any atom is -0.495 e. The third-order valence-corrected chi connectivity index (χ3v) is 4.92. The van der Waals surface area contributed by atoms with Crippen LogP contribution < -0.4 is 15.4 Å². The zero-order valence-corrected chi connectivity index (χ0v) is 15.9. The first-order chi connectivity index (χ1) is 13.5. The first kappa shape index (κ1) is 20.5. The van der Waals surface area contributed by atoms with Gasteiger partial charge in [-0.1, -0.05) is 30.3 Å². The van der Waals surface area contributed by atoms with E-state index < -0.39 is 11.7 Å². The quantitative estimate of drug-likeness (QED) is 0.746. The minimum absolute atomic E-state index is 0.293. The number of piperazine rings is 1. The Balaban J connectivity index is 1.53. The predicted molar refractivity (Wildman–Crippen MR) is 105 cm³/mol. The maximum atomic E-state index is 13.0. The summed E-state index contributed by atoms with van der Waals surface area (Å²) in [4.78, 5) is 2.40. The van der Waals surface area contributed by atoms with Crippen LogP contribution in [0.15, 0.2) is 48.5 Å². The van der Waals surface area contributed by atoms with Gasteiger partial charge in [-0.3, -0.25) is 4.90 Å². The molecule has 0 aromatic heterocycles. The highest BCUT2D eigenvalue weighted by atomic mass is 19.4. The number of anilines is 1. The van der Waals surface area contributed by atoms with E-state index in [1.165, 1.54) is 18.7 Å². The molecule has 1 saturated heterocycles. The van der Waals surface area contributed by atoms with Gasteiger partial charge >= 0.3 is 6.18 Å². The van der Waals surface area contributed by atoms with Crippen molar-refractivity contribution in [3.05, 3.63) is 59.7 Å². The Kier molecular flexibility index (Phi) is 6.80. The van der Waals surface area contributed by atoms with Gasteiger partial charge in [0.05, 0.1) is 18.4 Å². The normalized spacial score (nSPS) is 18.1. The molecule has 0 saturated carbocycles. The maximum absolute atomic E-state index is 13.0. The number of hydrogen-bond acceptors (Lipinski definition) is 4. The molecule has 2 aromatic carbocycles. The monoisotopic (exact) mass is 393 g/mol. The van der Waals surface area contributed by atoms with Crippen molar-refractivity contribution < 1.29 is 17.9 Å². The molecule has 0 aliphatic carbocycles. The largest absolute Gasteiger partial charge is 0.495 e. The Hall–Kier alpha value is -2.25. The van der Waals surface area contributed by atoms with Gasteiger partial charge in [0.25, 0.3) is 0 Å². The molecule has 1 aliphatic heterocycles. The van der Waals surface area contributed by atoms with Crippen LogP contribution in [0, 0.1) is 0 Å². The molecule has 3 rings (SSSR count). The van der Waals surface area contributed by atoms with Crippen molar-refractivity contribution >= 4 is 5.69 Å². The van der Waals surface area contributed by atoms with Crippen LogP contribution in [-0.4, -0.2) is 44.2 Å². The molecule has 0 spiro atoms. The highest BCUT2D eigenvalue weighted by molar-refractivity contribution is 5.58. The lowest BCUT2D eigenvalue weighted by molar-refractivity contribution is -0.137. The molecule has 0 bridgehead atoms. The van der Waals surface area contributed by atoms with Gasteiger partial charge in [-0.05, 0) is 30.2 Å². The Morgan fingerprint density at radius 2 is 1.96 bits per heavy atom. The molecule has 1 aliphatic rings. The minimum atomic E-state index is -4.37. The van der Waals surface area contributed by atoms with E-state index in [-0.39, 0.29) is 0 Å². The fraction of sp³-hybridized carbons (Fsp3) is 0.429. The topological polar surface area (TPSA) is 36.5 Å². The van der Waals surface area contributed by atoms with Gasteiger partial charge in [0.1, 0.15) is 5.75 Å². The number of benzene rings is 2. The summed E-state index contributed by atoms with van der Waals surface area (Å²) in [6.07, 6.45) is -3.56. The molecule has 1 heterocycles. The molecule has 0 amide bonds. The number of nitrogens with zero attached hydrogens (tertiary/aromatic N) is 1. The second kappa shape index (κ2) is 9.30. The van der Waals surface area contributed by atoms with Crippen molar-refractivity contribution in [2.45, 2.75) is 25.2 Å². The van der Waals surface area contributed by atoms with Crippen LogP contribution >= 0.6 is 0 Å². The van der Waals surface area contributed by atoms with Gasteiger partial charge in [0.2, 0.25) is 0 Å².